The van der Waals surface area contributed by atoms with Gasteiger partial charge in [-0.25, -0.2) is 0 Å². The van der Waals surface area contributed by atoms with Crippen molar-refractivity contribution in [1.29, 1.82) is 0 Å². The van der Waals surface area contributed by atoms with E-state index in [0.717, 1.165) is 17.0 Å². The van der Waals surface area contributed by atoms with Crippen LogP contribution in [-0.4, -0.2) is 36.7 Å². The van der Waals surface area contributed by atoms with Crippen LogP contribution in [0.5, 0.6) is 5.75 Å². The van der Waals surface area contributed by atoms with Gasteiger partial charge in [0, 0.05) is 18.2 Å². The third-order valence-corrected chi connectivity index (χ3v) is 3.61. The monoisotopic (exact) mass is 303 g/mol. The van der Waals surface area contributed by atoms with Crippen LogP contribution in [0.1, 0.15) is 24.2 Å². The van der Waals surface area contributed by atoms with Gasteiger partial charge in [-0.3, -0.25) is 9.69 Å². The maximum atomic E-state index is 12.1. The maximum absolute atomic E-state index is 12.1. The van der Waals surface area contributed by atoms with Crippen molar-refractivity contribution in [1.82, 2.24) is 15.4 Å². The molecule has 0 fully saturated rings. The van der Waals surface area contributed by atoms with Gasteiger partial charge in [0.1, 0.15) is 17.7 Å². The molecule has 0 aliphatic rings. The number of hydrogen-bond acceptors (Lipinski definition) is 5. The zero-order chi connectivity index (χ0) is 15.9. The Bertz CT molecular complexity index is 598. The first kappa shape index (κ1) is 16.0. The van der Waals surface area contributed by atoms with E-state index in [1.165, 1.54) is 6.26 Å². The molecule has 0 saturated carbocycles. The highest BCUT2D eigenvalue weighted by molar-refractivity contribution is 5.78. The number of methoxy groups -OCH3 is 1. The summed E-state index contributed by atoms with van der Waals surface area (Å²) in [5.41, 5.74) is 1.76. The third kappa shape index (κ3) is 4.08. The summed E-state index contributed by atoms with van der Waals surface area (Å²) in [6, 6.07) is 9.44. The molecule has 1 aromatic heterocycles. The van der Waals surface area contributed by atoms with Crippen LogP contribution in [0.2, 0.25) is 0 Å². The number of benzene rings is 1. The Kier molecular flexibility index (Phi) is 5.55. The van der Waals surface area contributed by atoms with Gasteiger partial charge in [-0.05, 0) is 20.0 Å². The fourth-order valence-electron chi connectivity index (χ4n) is 2.13. The van der Waals surface area contributed by atoms with Gasteiger partial charge in [0.15, 0.2) is 0 Å². The lowest BCUT2D eigenvalue weighted by Gasteiger charge is -2.22. The van der Waals surface area contributed by atoms with Crippen LogP contribution in [0.25, 0.3) is 0 Å². The fourth-order valence-corrected chi connectivity index (χ4v) is 2.13. The molecule has 2 rings (SSSR count). The molecule has 0 radical (unpaired) electrons. The van der Waals surface area contributed by atoms with E-state index < -0.39 is 0 Å². The van der Waals surface area contributed by atoms with Crippen molar-refractivity contribution in [3.8, 4) is 5.75 Å². The number of nitrogens with one attached hydrogen (secondary N) is 1. The van der Waals surface area contributed by atoms with Crippen molar-refractivity contribution in [3.63, 3.8) is 0 Å². The Morgan fingerprint density at radius 3 is 2.86 bits per heavy atom. The van der Waals surface area contributed by atoms with Crippen LogP contribution < -0.4 is 10.1 Å². The highest BCUT2D eigenvalue weighted by Gasteiger charge is 2.17. The summed E-state index contributed by atoms with van der Waals surface area (Å²) in [6.45, 7) is 2.70. The summed E-state index contributed by atoms with van der Waals surface area (Å²) in [7, 11) is 3.50. The van der Waals surface area contributed by atoms with Crippen LogP contribution in [0.3, 0.4) is 0 Å². The number of aromatic nitrogens is 1. The Hall–Kier alpha value is -2.34. The second-order valence-electron chi connectivity index (χ2n) is 5.10. The van der Waals surface area contributed by atoms with Crippen molar-refractivity contribution in [2.75, 3.05) is 20.7 Å². The molecule has 2 aromatic rings. The van der Waals surface area contributed by atoms with E-state index >= 15 is 0 Å². The van der Waals surface area contributed by atoms with Crippen molar-refractivity contribution in [2.24, 2.45) is 0 Å². The van der Waals surface area contributed by atoms with E-state index in [9.17, 15) is 4.79 Å². The van der Waals surface area contributed by atoms with Crippen LogP contribution in [0, 0.1) is 0 Å². The molecule has 1 heterocycles. The first-order valence-electron chi connectivity index (χ1n) is 7.11. The Balaban J connectivity index is 1.85. The summed E-state index contributed by atoms with van der Waals surface area (Å²) in [4.78, 5) is 14.0. The van der Waals surface area contributed by atoms with Crippen LogP contribution in [0.15, 0.2) is 41.1 Å². The van der Waals surface area contributed by atoms with Crippen molar-refractivity contribution >= 4 is 5.91 Å². The number of nitrogens with zero attached hydrogens (tertiary/aromatic N) is 2. The normalized spacial score (nSPS) is 12.2. The molecule has 0 spiro atoms. The van der Waals surface area contributed by atoms with Gasteiger partial charge >= 0.3 is 0 Å². The number of para-hydroxylation sites is 1. The standard InChI is InChI=1S/C16H21N3O3/c1-12(14-8-9-22-18-14)19(2)11-16(20)17-10-13-6-4-5-7-15(13)21-3/h4-9,12H,10-11H2,1-3H3,(H,17,20)/t12-/m1/s1. The van der Waals surface area contributed by atoms with Gasteiger partial charge in [0.05, 0.1) is 19.7 Å². The van der Waals surface area contributed by atoms with Crippen LogP contribution in [0.4, 0.5) is 0 Å². The molecule has 6 heteroatoms. The summed E-state index contributed by atoms with van der Waals surface area (Å²) >= 11 is 0. The smallest absolute Gasteiger partial charge is 0.234 e. The van der Waals surface area contributed by atoms with Gasteiger partial charge in [0.2, 0.25) is 5.91 Å². The molecule has 1 aromatic carbocycles. The quantitative estimate of drug-likeness (QED) is 0.847. The van der Waals surface area contributed by atoms with Gasteiger partial charge in [-0.15, -0.1) is 0 Å². The Labute approximate surface area is 130 Å². The summed E-state index contributed by atoms with van der Waals surface area (Å²) in [5, 5.41) is 6.80. The average Bonchev–Trinajstić information content (AvgIpc) is 3.06. The van der Waals surface area contributed by atoms with Gasteiger partial charge in [-0.2, -0.15) is 0 Å². The molecule has 1 amide bonds. The van der Waals surface area contributed by atoms with E-state index in [0.29, 0.717) is 6.54 Å². The summed E-state index contributed by atoms with van der Waals surface area (Å²) in [6.07, 6.45) is 1.53. The Morgan fingerprint density at radius 1 is 1.41 bits per heavy atom. The second kappa shape index (κ2) is 7.61. The van der Waals surface area contributed by atoms with Gasteiger partial charge < -0.3 is 14.6 Å². The van der Waals surface area contributed by atoms with Crippen LogP contribution in [-0.2, 0) is 11.3 Å². The highest BCUT2D eigenvalue weighted by Crippen LogP contribution is 2.17. The molecule has 1 atom stereocenters. The predicted octanol–water partition coefficient (Wildman–Crippen LogP) is 1.99. The zero-order valence-corrected chi connectivity index (χ0v) is 13.1. The molecule has 118 valence electrons. The largest absolute Gasteiger partial charge is 0.496 e. The van der Waals surface area contributed by atoms with E-state index in [2.05, 4.69) is 10.5 Å². The number of ether oxygens (including phenoxy) is 1. The number of carbonyl (C=O) groups excluding carboxylic acids is 1. The molecule has 0 unspecified atom stereocenters. The highest BCUT2D eigenvalue weighted by atomic mass is 16.5. The van der Waals surface area contributed by atoms with Gasteiger partial charge in [-0.1, -0.05) is 23.4 Å². The number of likely N-dealkylation sites (N-methyl/N-ethyl adjacent to an activating group) is 1. The van der Waals surface area contributed by atoms with Gasteiger partial charge in [0.25, 0.3) is 0 Å². The lowest BCUT2D eigenvalue weighted by atomic mass is 10.2. The summed E-state index contributed by atoms with van der Waals surface area (Å²) in [5.74, 6) is 0.718. The molecule has 0 bridgehead atoms. The van der Waals surface area contributed by atoms with E-state index in [1.807, 2.05) is 43.1 Å². The molecule has 0 saturated heterocycles. The Morgan fingerprint density at radius 2 is 2.18 bits per heavy atom. The molecule has 22 heavy (non-hydrogen) atoms. The third-order valence-electron chi connectivity index (χ3n) is 3.61. The molecule has 6 nitrogen and oxygen atoms in total. The lowest BCUT2D eigenvalue weighted by molar-refractivity contribution is -0.122. The lowest BCUT2D eigenvalue weighted by Crippen LogP contribution is -2.36. The molecule has 1 N–H and O–H groups in total. The molecule has 0 aliphatic carbocycles. The van der Waals surface area contributed by atoms with E-state index in [4.69, 9.17) is 9.26 Å². The van der Waals surface area contributed by atoms with E-state index in [1.54, 1.807) is 13.2 Å². The molecular formula is C16H21N3O3. The second-order valence-corrected chi connectivity index (χ2v) is 5.10. The first-order valence-corrected chi connectivity index (χ1v) is 7.11. The van der Waals surface area contributed by atoms with E-state index in [-0.39, 0.29) is 18.5 Å². The van der Waals surface area contributed by atoms with Crippen LogP contribution >= 0.6 is 0 Å². The van der Waals surface area contributed by atoms with Crippen molar-refractivity contribution < 1.29 is 14.1 Å². The first-order chi connectivity index (χ1) is 10.6. The number of amides is 1. The average molecular weight is 303 g/mol. The number of hydrogen-bond donors (Lipinski definition) is 1. The molecule has 0 aliphatic heterocycles. The minimum atomic E-state index is -0.0521. The minimum absolute atomic E-state index is 0.00996. The summed E-state index contributed by atoms with van der Waals surface area (Å²) < 4.78 is 10.1. The predicted molar refractivity (Wildman–Crippen MR) is 82.4 cm³/mol. The maximum Gasteiger partial charge on any atom is 0.234 e. The number of rotatable bonds is 7. The topological polar surface area (TPSA) is 67.6 Å². The molecular weight excluding hydrogens is 282 g/mol. The van der Waals surface area contributed by atoms with Crippen molar-refractivity contribution in [3.05, 3.63) is 47.9 Å². The van der Waals surface area contributed by atoms with Crippen molar-refractivity contribution in [2.45, 2.75) is 19.5 Å². The SMILES string of the molecule is COc1ccccc1CNC(=O)CN(C)[C@H](C)c1ccon1. The minimum Gasteiger partial charge on any atom is -0.496 e. The fraction of sp³-hybridized carbons (Fsp3) is 0.375. The number of carbonyl (C=O) groups is 1. The zero-order valence-electron chi connectivity index (χ0n) is 13.1.